The van der Waals surface area contributed by atoms with E-state index in [4.69, 9.17) is 4.74 Å². The summed E-state index contributed by atoms with van der Waals surface area (Å²) < 4.78 is 5.58. The minimum atomic E-state index is -0.0941. The van der Waals surface area contributed by atoms with Gasteiger partial charge in [-0.1, -0.05) is 20.8 Å². The molecule has 0 radical (unpaired) electrons. The van der Waals surface area contributed by atoms with E-state index in [9.17, 15) is 5.11 Å². The van der Waals surface area contributed by atoms with Gasteiger partial charge in [0.1, 0.15) is 0 Å². The van der Waals surface area contributed by atoms with Gasteiger partial charge in [-0.05, 0) is 67.1 Å². The van der Waals surface area contributed by atoms with Crippen LogP contribution in [-0.2, 0) is 4.74 Å². The first kappa shape index (κ1) is 13.9. The Hall–Kier alpha value is -0.0800. The molecule has 3 saturated carbocycles. The highest BCUT2D eigenvalue weighted by atomic mass is 16.5. The fraction of sp³-hybridized carbons (Fsp3) is 1.00. The Labute approximate surface area is 117 Å². The van der Waals surface area contributed by atoms with Crippen LogP contribution in [0.15, 0.2) is 0 Å². The second-order valence-corrected chi connectivity index (χ2v) is 8.12. The first-order valence-corrected chi connectivity index (χ1v) is 8.11. The molecular formula is C17H30O2. The SMILES string of the molecule is COC1CCC(O)C([C@@H]2C[C@H]3CC[C@]2(C)C3(C)C)C1. The summed E-state index contributed by atoms with van der Waals surface area (Å²) in [6.45, 7) is 7.43. The molecular weight excluding hydrogens is 236 g/mol. The average molecular weight is 266 g/mol. The maximum atomic E-state index is 10.5. The van der Waals surface area contributed by atoms with Gasteiger partial charge in [0.05, 0.1) is 12.2 Å². The topological polar surface area (TPSA) is 29.5 Å². The number of ether oxygens (including phenoxy) is 1. The van der Waals surface area contributed by atoms with Crippen molar-refractivity contribution in [2.24, 2.45) is 28.6 Å². The molecule has 3 unspecified atom stereocenters. The van der Waals surface area contributed by atoms with E-state index in [0.717, 1.165) is 25.2 Å². The van der Waals surface area contributed by atoms with Crippen LogP contribution in [0.4, 0.5) is 0 Å². The van der Waals surface area contributed by atoms with Crippen molar-refractivity contribution < 1.29 is 9.84 Å². The zero-order valence-corrected chi connectivity index (χ0v) is 13.0. The molecule has 0 aromatic rings. The summed E-state index contributed by atoms with van der Waals surface area (Å²) in [7, 11) is 1.83. The normalized spacial score (nSPS) is 52.6. The third-order valence-corrected chi connectivity index (χ3v) is 7.53. The standard InChI is InChI=1S/C17H30O2/c1-16(2)11-7-8-17(16,3)14(9-11)13-10-12(19-4)5-6-15(13)18/h11-15,18H,5-10H2,1-4H3/t11-,12?,13?,14+,15?,17+/m1/s1. The maximum Gasteiger partial charge on any atom is 0.0576 e. The fourth-order valence-electron chi connectivity index (χ4n) is 5.71. The van der Waals surface area contributed by atoms with Crippen molar-refractivity contribution in [1.29, 1.82) is 0 Å². The monoisotopic (exact) mass is 266 g/mol. The van der Waals surface area contributed by atoms with Gasteiger partial charge in [-0.25, -0.2) is 0 Å². The molecule has 6 atom stereocenters. The molecule has 0 aliphatic heterocycles. The van der Waals surface area contributed by atoms with Crippen molar-refractivity contribution >= 4 is 0 Å². The Morgan fingerprint density at radius 3 is 2.32 bits per heavy atom. The highest BCUT2D eigenvalue weighted by Crippen LogP contribution is 2.70. The van der Waals surface area contributed by atoms with Crippen LogP contribution in [0.5, 0.6) is 0 Å². The molecule has 0 aromatic carbocycles. The Morgan fingerprint density at radius 2 is 1.79 bits per heavy atom. The molecule has 110 valence electrons. The van der Waals surface area contributed by atoms with E-state index in [1.165, 1.54) is 19.3 Å². The summed E-state index contributed by atoms with van der Waals surface area (Å²) in [5.74, 6) is 2.04. The molecule has 19 heavy (non-hydrogen) atoms. The summed E-state index contributed by atoms with van der Waals surface area (Å²) in [6.07, 6.45) is 7.41. The van der Waals surface area contributed by atoms with E-state index in [-0.39, 0.29) is 6.10 Å². The summed E-state index contributed by atoms with van der Waals surface area (Å²) in [5, 5.41) is 10.5. The molecule has 0 aromatic heterocycles. The maximum absolute atomic E-state index is 10.5. The van der Waals surface area contributed by atoms with E-state index in [0.29, 0.717) is 28.8 Å². The Balaban J connectivity index is 1.83. The quantitative estimate of drug-likeness (QED) is 0.827. The second-order valence-electron chi connectivity index (χ2n) is 8.12. The number of aliphatic hydroxyl groups excluding tert-OH is 1. The van der Waals surface area contributed by atoms with Crippen LogP contribution < -0.4 is 0 Å². The summed E-state index contributed by atoms with van der Waals surface area (Å²) in [6, 6.07) is 0. The van der Waals surface area contributed by atoms with Crippen molar-refractivity contribution in [2.45, 2.75) is 71.5 Å². The fourth-order valence-corrected chi connectivity index (χ4v) is 5.71. The number of hydrogen-bond acceptors (Lipinski definition) is 2. The number of aliphatic hydroxyl groups is 1. The van der Waals surface area contributed by atoms with E-state index in [1.807, 2.05) is 7.11 Å². The van der Waals surface area contributed by atoms with Gasteiger partial charge in [-0.2, -0.15) is 0 Å². The molecule has 0 spiro atoms. The first-order chi connectivity index (χ1) is 8.90. The number of methoxy groups -OCH3 is 1. The molecule has 2 nitrogen and oxygen atoms in total. The molecule has 2 heteroatoms. The summed E-state index contributed by atoms with van der Waals surface area (Å²) in [5.41, 5.74) is 0.885. The first-order valence-electron chi connectivity index (χ1n) is 8.11. The van der Waals surface area contributed by atoms with Gasteiger partial charge in [-0.15, -0.1) is 0 Å². The molecule has 0 saturated heterocycles. The van der Waals surface area contributed by atoms with Gasteiger partial charge in [0.15, 0.2) is 0 Å². The lowest BCUT2D eigenvalue weighted by molar-refractivity contribution is -0.0644. The van der Waals surface area contributed by atoms with Crippen molar-refractivity contribution in [3.8, 4) is 0 Å². The van der Waals surface area contributed by atoms with Crippen molar-refractivity contribution in [3.05, 3.63) is 0 Å². The summed E-state index contributed by atoms with van der Waals surface area (Å²) in [4.78, 5) is 0. The predicted octanol–water partition coefficient (Wildman–Crippen LogP) is 3.62. The Bertz CT molecular complexity index is 351. The number of hydrogen-bond donors (Lipinski definition) is 1. The minimum Gasteiger partial charge on any atom is -0.393 e. The van der Waals surface area contributed by atoms with Crippen LogP contribution in [-0.4, -0.2) is 24.4 Å². The van der Waals surface area contributed by atoms with Crippen LogP contribution in [0.1, 0.15) is 59.3 Å². The molecule has 0 heterocycles. The number of rotatable bonds is 2. The van der Waals surface area contributed by atoms with Crippen LogP contribution >= 0.6 is 0 Å². The van der Waals surface area contributed by atoms with Crippen LogP contribution in [0.2, 0.25) is 0 Å². The lowest BCUT2D eigenvalue weighted by Crippen LogP contribution is -2.44. The van der Waals surface area contributed by atoms with Crippen LogP contribution in [0, 0.1) is 28.6 Å². The molecule has 2 bridgehead atoms. The molecule has 3 rings (SSSR count). The van der Waals surface area contributed by atoms with Gasteiger partial charge in [0.2, 0.25) is 0 Å². The smallest absolute Gasteiger partial charge is 0.0576 e. The average Bonchev–Trinajstić information content (AvgIpc) is 2.72. The Kier molecular flexibility index (Phi) is 3.26. The highest BCUT2D eigenvalue weighted by Gasteiger charge is 2.63. The van der Waals surface area contributed by atoms with E-state index in [1.54, 1.807) is 0 Å². The molecule has 0 amide bonds. The highest BCUT2D eigenvalue weighted by molar-refractivity contribution is 5.12. The van der Waals surface area contributed by atoms with E-state index < -0.39 is 0 Å². The lowest BCUT2D eigenvalue weighted by Gasteiger charge is -2.46. The van der Waals surface area contributed by atoms with Crippen molar-refractivity contribution in [2.75, 3.05) is 7.11 Å². The molecule has 1 N–H and O–H groups in total. The van der Waals surface area contributed by atoms with Crippen LogP contribution in [0.25, 0.3) is 0 Å². The molecule has 3 aliphatic carbocycles. The van der Waals surface area contributed by atoms with Gasteiger partial charge in [-0.3, -0.25) is 0 Å². The zero-order valence-electron chi connectivity index (χ0n) is 13.0. The second kappa shape index (κ2) is 4.46. The van der Waals surface area contributed by atoms with Crippen LogP contribution in [0.3, 0.4) is 0 Å². The lowest BCUT2D eigenvalue weighted by atomic mass is 9.60. The molecule has 3 fully saturated rings. The van der Waals surface area contributed by atoms with Gasteiger partial charge in [0.25, 0.3) is 0 Å². The number of fused-ring (bicyclic) bond motifs is 2. The van der Waals surface area contributed by atoms with Crippen molar-refractivity contribution in [3.63, 3.8) is 0 Å². The largest absolute Gasteiger partial charge is 0.393 e. The van der Waals surface area contributed by atoms with Gasteiger partial charge < -0.3 is 9.84 Å². The zero-order chi connectivity index (χ0) is 13.8. The third-order valence-electron chi connectivity index (χ3n) is 7.53. The van der Waals surface area contributed by atoms with Crippen molar-refractivity contribution in [1.82, 2.24) is 0 Å². The Morgan fingerprint density at radius 1 is 1.05 bits per heavy atom. The summed E-state index contributed by atoms with van der Waals surface area (Å²) >= 11 is 0. The van der Waals surface area contributed by atoms with E-state index >= 15 is 0 Å². The predicted molar refractivity (Wildman–Crippen MR) is 76.9 cm³/mol. The third kappa shape index (κ3) is 1.82. The van der Waals surface area contributed by atoms with E-state index in [2.05, 4.69) is 20.8 Å². The van der Waals surface area contributed by atoms with Gasteiger partial charge >= 0.3 is 0 Å². The minimum absolute atomic E-state index is 0.0941. The molecule has 3 aliphatic rings. The van der Waals surface area contributed by atoms with Gasteiger partial charge in [0, 0.05) is 7.11 Å².